The molecule has 0 aliphatic carbocycles. The first-order valence-electron chi connectivity index (χ1n) is 5.38. The van der Waals surface area contributed by atoms with Crippen molar-refractivity contribution >= 4 is 5.96 Å². The predicted octanol–water partition coefficient (Wildman–Crippen LogP) is -0.220. The first-order chi connectivity index (χ1) is 7.63. The molecule has 1 heterocycles. The number of nitrogens with zero attached hydrogens (tertiary/aromatic N) is 3. The van der Waals surface area contributed by atoms with Gasteiger partial charge in [-0.25, -0.2) is 5.84 Å². The third-order valence-corrected chi connectivity index (χ3v) is 2.12. The maximum Gasteiger partial charge on any atom is 0.205 e. The fourth-order valence-corrected chi connectivity index (χ4v) is 1.34. The quantitative estimate of drug-likeness (QED) is 0.286. The summed E-state index contributed by atoms with van der Waals surface area (Å²) in [7, 11) is 1.92. The zero-order chi connectivity index (χ0) is 12.0. The molecule has 0 atom stereocenters. The van der Waals surface area contributed by atoms with Crippen LogP contribution < -0.4 is 16.6 Å². The molecule has 0 saturated heterocycles. The molecule has 1 aromatic rings. The summed E-state index contributed by atoms with van der Waals surface area (Å²) in [5.41, 5.74) is 3.70. The minimum absolute atomic E-state index is 0.312. The van der Waals surface area contributed by atoms with Gasteiger partial charge in [0.2, 0.25) is 5.96 Å². The molecular formula is C10H20N6. The maximum atomic E-state index is 5.35. The molecular weight excluding hydrogens is 204 g/mol. The van der Waals surface area contributed by atoms with Crippen molar-refractivity contribution in [1.29, 1.82) is 0 Å². The van der Waals surface area contributed by atoms with E-state index in [1.807, 2.05) is 31.6 Å². The molecule has 1 rings (SSSR count). The Labute approximate surface area is 95.9 Å². The van der Waals surface area contributed by atoms with E-state index in [1.54, 1.807) is 6.20 Å². The number of aliphatic imine (C=N–C) groups is 1. The van der Waals surface area contributed by atoms with Gasteiger partial charge in [-0.15, -0.1) is 0 Å². The van der Waals surface area contributed by atoms with Crippen molar-refractivity contribution in [2.45, 2.75) is 26.3 Å². The largest absolute Gasteiger partial charge is 0.353 e. The zero-order valence-corrected chi connectivity index (χ0v) is 10.1. The average Bonchev–Trinajstić information content (AvgIpc) is 2.62. The first kappa shape index (κ1) is 12.5. The van der Waals surface area contributed by atoms with Gasteiger partial charge in [-0.1, -0.05) is 0 Å². The number of hydrogen-bond donors (Lipinski definition) is 3. The molecule has 0 saturated carbocycles. The standard InChI is InChI=1S/C10H20N6/c1-8(2)14-10(15-11)12-6-4-9-5-7-13-16(9)3/h5,7-8H,4,6,11H2,1-3H3,(H2,12,14,15). The molecule has 0 amide bonds. The molecule has 16 heavy (non-hydrogen) atoms. The summed E-state index contributed by atoms with van der Waals surface area (Å²) in [4.78, 5) is 4.33. The highest BCUT2D eigenvalue weighted by atomic mass is 15.3. The van der Waals surface area contributed by atoms with Gasteiger partial charge in [0.1, 0.15) is 0 Å². The van der Waals surface area contributed by atoms with Crippen LogP contribution in [0, 0.1) is 0 Å². The zero-order valence-electron chi connectivity index (χ0n) is 10.1. The van der Waals surface area contributed by atoms with Crippen molar-refractivity contribution in [3.8, 4) is 0 Å². The Balaban J connectivity index is 2.43. The summed E-state index contributed by atoms with van der Waals surface area (Å²) in [6, 6.07) is 2.30. The number of rotatable bonds is 4. The van der Waals surface area contributed by atoms with Crippen LogP contribution in [-0.2, 0) is 13.5 Å². The molecule has 6 nitrogen and oxygen atoms in total. The molecule has 90 valence electrons. The lowest BCUT2D eigenvalue weighted by molar-refractivity contribution is 0.689. The van der Waals surface area contributed by atoms with E-state index >= 15 is 0 Å². The fraction of sp³-hybridized carbons (Fsp3) is 0.600. The minimum atomic E-state index is 0.312. The summed E-state index contributed by atoms with van der Waals surface area (Å²) >= 11 is 0. The van der Waals surface area contributed by atoms with Crippen LogP contribution in [0.5, 0.6) is 0 Å². The molecule has 0 radical (unpaired) electrons. The van der Waals surface area contributed by atoms with Crippen LogP contribution in [0.4, 0.5) is 0 Å². The number of aromatic nitrogens is 2. The molecule has 4 N–H and O–H groups in total. The van der Waals surface area contributed by atoms with Gasteiger partial charge in [-0.2, -0.15) is 5.10 Å². The summed E-state index contributed by atoms with van der Waals surface area (Å²) in [5, 5.41) is 7.21. The topological polar surface area (TPSA) is 80.3 Å². The van der Waals surface area contributed by atoms with Gasteiger partial charge in [-0.3, -0.25) is 15.1 Å². The number of hydrazine groups is 1. The highest BCUT2D eigenvalue weighted by Crippen LogP contribution is 1.97. The maximum absolute atomic E-state index is 5.35. The predicted molar refractivity (Wildman–Crippen MR) is 64.8 cm³/mol. The van der Waals surface area contributed by atoms with Crippen molar-refractivity contribution in [2.75, 3.05) is 6.54 Å². The lowest BCUT2D eigenvalue weighted by Crippen LogP contribution is -2.44. The van der Waals surface area contributed by atoms with E-state index in [0.29, 0.717) is 18.5 Å². The van der Waals surface area contributed by atoms with Crippen molar-refractivity contribution in [3.05, 3.63) is 18.0 Å². The Hall–Kier alpha value is -1.56. The van der Waals surface area contributed by atoms with Crippen molar-refractivity contribution in [2.24, 2.45) is 17.9 Å². The Kier molecular flexibility index (Phi) is 4.78. The van der Waals surface area contributed by atoms with Crippen LogP contribution in [0.2, 0.25) is 0 Å². The van der Waals surface area contributed by atoms with Crippen LogP contribution in [0.1, 0.15) is 19.5 Å². The first-order valence-corrected chi connectivity index (χ1v) is 5.38. The summed E-state index contributed by atoms with van der Waals surface area (Å²) in [5.74, 6) is 5.97. The molecule has 1 aromatic heterocycles. The number of guanidine groups is 1. The fourth-order valence-electron chi connectivity index (χ4n) is 1.34. The van der Waals surface area contributed by atoms with Crippen LogP contribution in [0.3, 0.4) is 0 Å². The number of hydrogen-bond acceptors (Lipinski definition) is 3. The molecule has 0 unspecified atom stereocenters. The van der Waals surface area contributed by atoms with Gasteiger partial charge in [-0.05, 0) is 19.9 Å². The molecule has 0 bridgehead atoms. The molecule has 0 aliphatic heterocycles. The number of nitrogens with one attached hydrogen (secondary N) is 2. The third-order valence-electron chi connectivity index (χ3n) is 2.12. The van der Waals surface area contributed by atoms with Gasteiger partial charge in [0, 0.05) is 37.9 Å². The van der Waals surface area contributed by atoms with Gasteiger partial charge in [0.05, 0.1) is 0 Å². The molecule has 6 heteroatoms. The molecule has 0 spiro atoms. The van der Waals surface area contributed by atoms with Crippen molar-refractivity contribution < 1.29 is 0 Å². The van der Waals surface area contributed by atoms with E-state index in [0.717, 1.165) is 12.1 Å². The molecule has 0 aromatic carbocycles. The second kappa shape index (κ2) is 6.12. The second-order valence-electron chi connectivity index (χ2n) is 3.87. The number of aryl methyl sites for hydroxylation is 1. The third kappa shape index (κ3) is 3.90. The summed E-state index contributed by atoms with van der Waals surface area (Å²) in [6.07, 6.45) is 2.63. The van der Waals surface area contributed by atoms with Crippen LogP contribution in [-0.4, -0.2) is 28.3 Å². The monoisotopic (exact) mass is 224 g/mol. The molecule has 0 fully saturated rings. The average molecular weight is 224 g/mol. The van der Waals surface area contributed by atoms with Crippen LogP contribution >= 0.6 is 0 Å². The van der Waals surface area contributed by atoms with Crippen molar-refractivity contribution in [3.63, 3.8) is 0 Å². The van der Waals surface area contributed by atoms with E-state index in [-0.39, 0.29) is 0 Å². The van der Waals surface area contributed by atoms with Crippen LogP contribution in [0.25, 0.3) is 0 Å². The Morgan fingerprint density at radius 2 is 2.38 bits per heavy atom. The summed E-state index contributed by atoms with van der Waals surface area (Å²) < 4.78 is 1.85. The highest BCUT2D eigenvalue weighted by Gasteiger charge is 2.00. The van der Waals surface area contributed by atoms with Gasteiger partial charge >= 0.3 is 0 Å². The van der Waals surface area contributed by atoms with E-state index in [4.69, 9.17) is 5.84 Å². The van der Waals surface area contributed by atoms with E-state index < -0.39 is 0 Å². The Morgan fingerprint density at radius 1 is 1.62 bits per heavy atom. The van der Waals surface area contributed by atoms with E-state index in [1.165, 1.54) is 0 Å². The van der Waals surface area contributed by atoms with Gasteiger partial charge < -0.3 is 5.32 Å². The second-order valence-corrected chi connectivity index (χ2v) is 3.87. The van der Waals surface area contributed by atoms with E-state index in [9.17, 15) is 0 Å². The lowest BCUT2D eigenvalue weighted by Gasteiger charge is -2.11. The lowest BCUT2D eigenvalue weighted by atomic mass is 10.3. The molecule has 0 aliphatic rings. The van der Waals surface area contributed by atoms with Crippen LogP contribution in [0.15, 0.2) is 17.3 Å². The van der Waals surface area contributed by atoms with E-state index in [2.05, 4.69) is 20.8 Å². The van der Waals surface area contributed by atoms with Crippen molar-refractivity contribution in [1.82, 2.24) is 20.5 Å². The Morgan fingerprint density at radius 3 is 2.88 bits per heavy atom. The smallest absolute Gasteiger partial charge is 0.205 e. The summed E-state index contributed by atoms with van der Waals surface area (Å²) in [6.45, 7) is 4.75. The number of nitrogens with two attached hydrogens (primary N) is 1. The Bertz CT molecular complexity index is 341. The normalized spacial score (nSPS) is 11.9. The van der Waals surface area contributed by atoms with Gasteiger partial charge in [0.15, 0.2) is 0 Å². The minimum Gasteiger partial charge on any atom is -0.353 e. The van der Waals surface area contributed by atoms with Gasteiger partial charge in [0.25, 0.3) is 0 Å². The SMILES string of the molecule is CC(C)NC(=NCCc1ccnn1C)NN. The highest BCUT2D eigenvalue weighted by molar-refractivity contribution is 5.79.